The summed E-state index contributed by atoms with van der Waals surface area (Å²) < 4.78 is 38.2. The van der Waals surface area contributed by atoms with Crippen LogP contribution in [0.3, 0.4) is 0 Å². The number of nitrogens with zero attached hydrogens (tertiary/aromatic N) is 1. The van der Waals surface area contributed by atoms with Gasteiger partial charge in [-0.15, -0.1) is 0 Å². The summed E-state index contributed by atoms with van der Waals surface area (Å²) in [7, 11) is 0. The molecule has 26 heavy (non-hydrogen) atoms. The van der Waals surface area contributed by atoms with E-state index in [1.807, 2.05) is 36.4 Å². The lowest BCUT2D eigenvalue weighted by molar-refractivity contribution is -0.137. The van der Waals surface area contributed by atoms with Gasteiger partial charge >= 0.3 is 6.18 Å². The highest BCUT2D eigenvalue weighted by molar-refractivity contribution is 5.82. The van der Waals surface area contributed by atoms with Crippen molar-refractivity contribution in [2.75, 3.05) is 25.0 Å². The summed E-state index contributed by atoms with van der Waals surface area (Å²) in [6, 6.07) is 14.9. The lowest BCUT2D eigenvalue weighted by atomic mass is 9.99. The number of anilines is 1. The van der Waals surface area contributed by atoms with Crippen LogP contribution in [0.25, 0.3) is 5.57 Å². The van der Waals surface area contributed by atoms with Crippen LogP contribution in [-0.4, -0.2) is 30.4 Å². The fourth-order valence-electron chi connectivity index (χ4n) is 2.91. The quantitative estimate of drug-likeness (QED) is 0.875. The zero-order valence-electron chi connectivity index (χ0n) is 14.1. The highest BCUT2D eigenvalue weighted by Gasteiger charge is 2.30. The summed E-state index contributed by atoms with van der Waals surface area (Å²) in [6.07, 6.45) is -1.60. The Balaban J connectivity index is 1.56. The number of nitrogens with one attached hydrogen (secondary N) is 1. The van der Waals surface area contributed by atoms with Gasteiger partial charge in [0.15, 0.2) is 0 Å². The number of carbonyl (C=O) groups is 1. The monoisotopic (exact) mass is 360 g/mol. The Labute approximate surface area is 150 Å². The fraction of sp³-hybridized carbons (Fsp3) is 0.250. The highest BCUT2D eigenvalue weighted by atomic mass is 19.4. The van der Waals surface area contributed by atoms with Gasteiger partial charge < -0.3 is 10.2 Å². The molecular weight excluding hydrogens is 341 g/mol. The van der Waals surface area contributed by atoms with Gasteiger partial charge in [-0.3, -0.25) is 4.79 Å². The van der Waals surface area contributed by atoms with Crippen molar-refractivity contribution in [3.05, 3.63) is 71.8 Å². The van der Waals surface area contributed by atoms with Crippen LogP contribution < -0.4 is 5.32 Å². The molecule has 1 amide bonds. The molecule has 0 aromatic heterocycles. The van der Waals surface area contributed by atoms with Crippen molar-refractivity contribution in [3.8, 4) is 0 Å². The van der Waals surface area contributed by atoms with Gasteiger partial charge in [-0.25, -0.2) is 0 Å². The van der Waals surface area contributed by atoms with Crippen LogP contribution in [0, 0.1) is 0 Å². The van der Waals surface area contributed by atoms with Crippen molar-refractivity contribution >= 4 is 17.2 Å². The van der Waals surface area contributed by atoms with Gasteiger partial charge in [0.2, 0.25) is 5.91 Å². The Hall–Kier alpha value is -2.76. The van der Waals surface area contributed by atoms with Crippen LogP contribution in [0.2, 0.25) is 0 Å². The van der Waals surface area contributed by atoms with Crippen LogP contribution in [0.4, 0.5) is 18.9 Å². The van der Waals surface area contributed by atoms with Gasteiger partial charge in [0.1, 0.15) is 0 Å². The molecule has 3 rings (SSSR count). The molecule has 0 saturated heterocycles. The predicted molar refractivity (Wildman–Crippen MR) is 95.5 cm³/mol. The van der Waals surface area contributed by atoms with Crippen molar-refractivity contribution < 1.29 is 18.0 Å². The average Bonchev–Trinajstić information content (AvgIpc) is 2.66. The van der Waals surface area contributed by atoms with E-state index in [4.69, 9.17) is 0 Å². The number of halogens is 3. The molecule has 1 aliphatic heterocycles. The Bertz CT molecular complexity index is 800. The molecule has 6 heteroatoms. The number of alkyl halides is 3. The van der Waals surface area contributed by atoms with E-state index in [1.54, 1.807) is 4.90 Å². The third-order valence-electron chi connectivity index (χ3n) is 4.34. The van der Waals surface area contributed by atoms with Crippen LogP contribution in [0.1, 0.15) is 17.5 Å². The molecule has 0 unspecified atom stereocenters. The van der Waals surface area contributed by atoms with Crippen molar-refractivity contribution in [2.24, 2.45) is 0 Å². The number of benzene rings is 2. The number of hydrogen-bond acceptors (Lipinski definition) is 2. The highest BCUT2D eigenvalue weighted by Crippen LogP contribution is 2.30. The smallest absolute Gasteiger partial charge is 0.376 e. The van der Waals surface area contributed by atoms with Gasteiger partial charge in [-0.2, -0.15) is 13.2 Å². The molecule has 0 saturated carbocycles. The summed E-state index contributed by atoms with van der Waals surface area (Å²) in [6.45, 7) is 1.08. The van der Waals surface area contributed by atoms with Crippen LogP contribution in [0.15, 0.2) is 60.7 Å². The summed E-state index contributed by atoms with van der Waals surface area (Å²) in [5, 5.41) is 2.79. The lowest BCUT2D eigenvalue weighted by Crippen LogP contribution is -2.38. The van der Waals surface area contributed by atoms with E-state index in [-0.39, 0.29) is 18.1 Å². The van der Waals surface area contributed by atoms with Crippen molar-refractivity contribution in [1.82, 2.24) is 4.90 Å². The zero-order chi connectivity index (χ0) is 18.6. The maximum atomic E-state index is 12.7. The molecule has 3 nitrogen and oxygen atoms in total. The van der Waals surface area contributed by atoms with Crippen LogP contribution in [0.5, 0.6) is 0 Å². The third kappa shape index (κ3) is 4.45. The molecule has 2 aromatic carbocycles. The molecular formula is C20H19F3N2O. The molecule has 1 N–H and O–H groups in total. The standard InChI is InChI=1S/C20H19F3N2O/c21-20(22,23)17-7-4-8-18(13-17)24-14-19(26)25-11-9-16(10-12-25)15-5-2-1-3-6-15/h1-9,13,24H,10-12,14H2. The van der Waals surface area contributed by atoms with Gasteiger partial charge in [0.25, 0.3) is 0 Å². The van der Waals surface area contributed by atoms with Gasteiger partial charge in [0.05, 0.1) is 12.1 Å². The molecule has 2 aromatic rings. The summed E-state index contributed by atoms with van der Waals surface area (Å²) in [4.78, 5) is 14.0. The molecule has 0 radical (unpaired) electrons. The van der Waals surface area contributed by atoms with E-state index >= 15 is 0 Å². The van der Waals surface area contributed by atoms with Crippen molar-refractivity contribution in [2.45, 2.75) is 12.6 Å². The van der Waals surface area contributed by atoms with Crippen molar-refractivity contribution in [1.29, 1.82) is 0 Å². The first-order chi connectivity index (χ1) is 12.4. The van der Waals surface area contributed by atoms with Gasteiger partial charge in [-0.1, -0.05) is 42.5 Å². The summed E-state index contributed by atoms with van der Waals surface area (Å²) in [5.74, 6) is -0.134. The summed E-state index contributed by atoms with van der Waals surface area (Å²) in [5.41, 5.74) is 1.91. The number of amides is 1. The first-order valence-electron chi connectivity index (χ1n) is 8.37. The van der Waals surface area contributed by atoms with Crippen LogP contribution >= 0.6 is 0 Å². The Kier molecular flexibility index (Phi) is 5.30. The minimum absolute atomic E-state index is 0.0319. The largest absolute Gasteiger partial charge is 0.416 e. The van der Waals surface area contributed by atoms with E-state index in [0.717, 1.165) is 24.1 Å². The van der Waals surface area contributed by atoms with E-state index in [0.29, 0.717) is 13.1 Å². The minimum Gasteiger partial charge on any atom is -0.376 e. The second-order valence-corrected chi connectivity index (χ2v) is 6.12. The van der Waals surface area contributed by atoms with Crippen molar-refractivity contribution in [3.63, 3.8) is 0 Å². The maximum absolute atomic E-state index is 12.7. The molecule has 0 fully saturated rings. The molecule has 0 aliphatic carbocycles. The SMILES string of the molecule is O=C(CNc1cccc(C(F)(F)F)c1)N1CC=C(c2ccccc2)CC1. The number of hydrogen-bond donors (Lipinski definition) is 1. The zero-order valence-corrected chi connectivity index (χ0v) is 14.1. The minimum atomic E-state index is -4.40. The first-order valence-corrected chi connectivity index (χ1v) is 8.37. The third-order valence-corrected chi connectivity index (χ3v) is 4.34. The second-order valence-electron chi connectivity index (χ2n) is 6.12. The predicted octanol–water partition coefficient (Wildman–Crippen LogP) is 4.43. The maximum Gasteiger partial charge on any atom is 0.416 e. The Morgan fingerprint density at radius 1 is 1.08 bits per heavy atom. The average molecular weight is 360 g/mol. The fourth-order valence-corrected chi connectivity index (χ4v) is 2.91. The van der Waals surface area contributed by atoms with Crippen LogP contribution in [-0.2, 0) is 11.0 Å². The Morgan fingerprint density at radius 3 is 2.50 bits per heavy atom. The first kappa shape index (κ1) is 18.0. The molecule has 1 aliphatic rings. The topological polar surface area (TPSA) is 32.3 Å². The number of carbonyl (C=O) groups excluding carboxylic acids is 1. The second kappa shape index (κ2) is 7.64. The summed E-state index contributed by atoms with van der Waals surface area (Å²) >= 11 is 0. The van der Waals surface area contributed by atoms with E-state index in [2.05, 4.69) is 5.32 Å². The normalized spacial score (nSPS) is 14.7. The molecule has 0 atom stereocenters. The van der Waals surface area contributed by atoms with E-state index in [1.165, 1.54) is 17.7 Å². The van der Waals surface area contributed by atoms with Gasteiger partial charge in [0, 0.05) is 18.8 Å². The molecule has 136 valence electrons. The van der Waals surface area contributed by atoms with E-state index < -0.39 is 11.7 Å². The number of rotatable bonds is 4. The van der Waals surface area contributed by atoms with Gasteiger partial charge in [-0.05, 0) is 35.8 Å². The van der Waals surface area contributed by atoms with E-state index in [9.17, 15) is 18.0 Å². The Morgan fingerprint density at radius 2 is 1.85 bits per heavy atom. The molecule has 0 bridgehead atoms. The molecule has 0 spiro atoms. The lowest BCUT2D eigenvalue weighted by Gasteiger charge is -2.27. The molecule has 1 heterocycles.